The second-order valence-corrected chi connectivity index (χ2v) is 4.62. The molecule has 0 aromatic rings. The van der Waals surface area contributed by atoms with Gasteiger partial charge in [0.05, 0.1) is 0 Å². The molecular formula is C13H25N. The molecule has 0 aromatic carbocycles. The summed E-state index contributed by atoms with van der Waals surface area (Å²) in [5, 5.41) is 3.68. The summed E-state index contributed by atoms with van der Waals surface area (Å²) in [6.45, 7) is 9.62. The van der Waals surface area contributed by atoms with E-state index < -0.39 is 0 Å². The van der Waals surface area contributed by atoms with Crippen molar-refractivity contribution in [3.05, 3.63) is 12.7 Å². The van der Waals surface area contributed by atoms with Gasteiger partial charge in [-0.1, -0.05) is 19.9 Å². The molecule has 1 heteroatoms. The normalized spacial score (nSPS) is 20.4. The van der Waals surface area contributed by atoms with E-state index in [0.717, 1.165) is 24.3 Å². The predicted molar refractivity (Wildman–Crippen MR) is 63.4 cm³/mol. The third kappa shape index (κ3) is 3.83. The zero-order valence-electron chi connectivity index (χ0n) is 9.76. The lowest BCUT2D eigenvalue weighted by Gasteiger charge is -2.24. The summed E-state index contributed by atoms with van der Waals surface area (Å²) in [6, 6.07) is 0.723. The first-order chi connectivity index (χ1) is 6.79. The SMILES string of the molecule is C=CCCC(NCCC)C(C)C1CC1. The molecule has 0 bridgehead atoms. The summed E-state index contributed by atoms with van der Waals surface area (Å²) < 4.78 is 0. The van der Waals surface area contributed by atoms with E-state index in [2.05, 4.69) is 25.7 Å². The summed E-state index contributed by atoms with van der Waals surface area (Å²) in [6.07, 6.45) is 8.61. The molecule has 1 saturated carbocycles. The van der Waals surface area contributed by atoms with Crippen LogP contribution in [0.5, 0.6) is 0 Å². The van der Waals surface area contributed by atoms with E-state index in [4.69, 9.17) is 0 Å². The third-order valence-electron chi connectivity index (χ3n) is 3.34. The Morgan fingerprint density at radius 1 is 1.50 bits per heavy atom. The van der Waals surface area contributed by atoms with Gasteiger partial charge in [-0.25, -0.2) is 0 Å². The number of nitrogens with one attached hydrogen (secondary N) is 1. The van der Waals surface area contributed by atoms with Gasteiger partial charge in [-0.15, -0.1) is 6.58 Å². The summed E-state index contributed by atoms with van der Waals surface area (Å²) in [5.41, 5.74) is 0. The van der Waals surface area contributed by atoms with Crippen molar-refractivity contribution in [2.75, 3.05) is 6.54 Å². The Morgan fingerprint density at radius 3 is 2.71 bits per heavy atom. The first-order valence-electron chi connectivity index (χ1n) is 6.13. The Balaban J connectivity index is 2.29. The molecule has 1 fully saturated rings. The Hall–Kier alpha value is -0.300. The second-order valence-electron chi connectivity index (χ2n) is 4.62. The smallest absolute Gasteiger partial charge is 0.00982 e. The Morgan fingerprint density at radius 2 is 2.21 bits per heavy atom. The average Bonchev–Trinajstić information content (AvgIpc) is 3.00. The van der Waals surface area contributed by atoms with Crippen LogP contribution in [0.15, 0.2) is 12.7 Å². The highest BCUT2D eigenvalue weighted by Crippen LogP contribution is 2.39. The topological polar surface area (TPSA) is 12.0 Å². The van der Waals surface area contributed by atoms with Crippen molar-refractivity contribution in [1.29, 1.82) is 0 Å². The molecule has 14 heavy (non-hydrogen) atoms. The lowest BCUT2D eigenvalue weighted by molar-refractivity contribution is 0.327. The molecule has 0 amide bonds. The summed E-state index contributed by atoms with van der Waals surface area (Å²) >= 11 is 0. The van der Waals surface area contributed by atoms with Crippen LogP contribution in [-0.2, 0) is 0 Å². The minimum atomic E-state index is 0.723. The van der Waals surface area contributed by atoms with Gasteiger partial charge in [0.25, 0.3) is 0 Å². The Labute approximate surface area is 89.0 Å². The van der Waals surface area contributed by atoms with Gasteiger partial charge in [0, 0.05) is 6.04 Å². The van der Waals surface area contributed by atoms with Crippen molar-refractivity contribution in [1.82, 2.24) is 5.32 Å². The van der Waals surface area contributed by atoms with E-state index in [0.29, 0.717) is 0 Å². The largest absolute Gasteiger partial charge is 0.314 e. The van der Waals surface area contributed by atoms with E-state index in [1.807, 2.05) is 6.08 Å². The van der Waals surface area contributed by atoms with Crippen LogP contribution in [0, 0.1) is 11.8 Å². The van der Waals surface area contributed by atoms with Gasteiger partial charge in [-0.3, -0.25) is 0 Å². The van der Waals surface area contributed by atoms with Crippen molar-refractivity contribution in [2.24, 2.45) is 11.8 Å². The molecule has 0 heterocycles. The van der Waals surface area contributed by atoms with Gasteiger partial charge in [0.1, 0.15) is 0 Å². The van der Waals surface area contributed by atoms with Crippen LogP contribution in [-0.4, -0.2) is 12.6 Å². The molecule has 1 N–H and O–H groups in total. The molecule has 1 rings (SSSR count). The van der Waals surface area contributed by atoms with E-state index in [1.54, 1.807) is 0 Å². The fourth-order valence-corrected chi connectivity index (χ4v) is 2.13. The number of allylic oxidation sites excluding steroid dienone is 1. The van der Waals surface area contributed by atoms with Gasteiger partial charge in [0.2, 0.25) is 0 Å². The molecule has 1 aliphatic carbocycles. The monoisotopic (exact) mass is 195 g/mol. The zero-order valence-corrected chi connectivity index (χ0v) is 9.76. The van der Waals surface area contributed by atoms with Crippen LogP contribution in [0.2, 0.25) is 0 Å². The zero-order chi connectivity index (χ0) is 10.4. The van der Waals surface area contributed by atoms with Crippen LogP contribution in [0.25, 0.3) is 0 Å². The van der Waals surface area contributed by atoms with Crippen LogP contribution in [0.3, 0.4) is 0 Å². The molecule has 2 atom stereocenters. The van der Waals surface area contributed by atoms with Gasteiger partial charge in [-0.05, 0) is 50.5 Å². The predicted octanol–water partition coefficient (Wildman–Crippen LogP) is 3.37. The second kappa shape index (κ2) is 6.23. The lowest BCUT2D eigenvalue weighted by atomic mass is 9.93. The van der Waals surface area contributed by atoms with Crippen molar-refractivity contribution in [3.8, 4) is 0 Å². The first kappa shape index (κ1) is 11.8. The molecule has 2 unspecified atom stereocenters. The molecule has 0 aromatic heterocycles. The molecule has 1 aliphatic rings. The quantitative estimate of drug-likeness (QED) is 0.586. The lowest BCUT2D eigenvalue weighted by Crippen LogP contribution is -2.36. The highest BCUT2D eigenvalue weighted by Gasteiger charge is 2.32. The van der Waals surface area contributed by atoms with E-state index in [1.165, 1.54) is 32.2 Å². The van der Waals surface area contributed by atoms with Gasteiger partial charge >= 0.3 is 0 Å². The van der Waals surface area contributed by atoms with Crippen molar-refractivity contribution in [2.45, 2.75) is 52.0 Å². The first-order valence-corrected chi connectivity index (χ1v) is 6.13. The minimum absolute atomic E-state index is 0.723. The van der Waals surface area contributed by atoms with E-state index >= 15 is 0 Å². The molecule has 1 nitrogen and oxygen atoms in total. The summed E-state index contributed by atoms with van der Waals surface area (Å²) in [4.78, 5) is 0. The molecule has 0 radical (unpaired) electrons. The number of hydrogen-bond acceptors (Lipinski definition) is 1. The minimum Gasteiger partial charge on any atom is -0.314 e. The van der Waals surface area contributed by atoms with Crippen LogP contribution >= 0.6 is 0 Å². The Bertz CT molecular complexity index is 161. The Kier molecular flexibility index (Phi) is 5.24. The molecule has 0 spiro atoms. The standard InChI is InChI=1S/C13H25N/c1-4-6-7-13(14-10-5-2)11(3)12-8-9-12/h4,11-14H,1,5-10H2,2-3H3. The highest BCUT2D eigenvalue weighted by atomic mass is 14.9. The van der Waals surface area contributed by atoms with Crippen LogP contribution in [0.4, 0.5) is 0 Å². The number of rotatable bonds is 8. The van der Waals surface area contributed by atoms with Crippen LogP contribution < -0.4 is 5.32 Å². The summed E-state index contributed by atoms with van der Waals surface area (Å²) in [5.74, 6) is 1.87. The van der Waals surface area contributed by atoms with Gasteiger partial charge in [0.15, 0.2) is 0 Å². The van der Waals surface area contributed by atoms with Crippen LogP contribution in [0.1, 0.15) is 46.0 Å². The highest BCUT2D eigenvalue weighted by molar-refractivity contribution is 4.87. The molecule has 82 valence electrons. The van der Waals surface area contributed by atoms with Crippen molar-refractivity contribution < 1.29 is 0 Å². The molecule has 0 saturated heterocycles. The summed E-state index contributed by atoms with van der Waals surface area (Å²) in [7, 11) is 0. The maximum absolute atomic E-state index is 3.80. The van der Waals surface area contributed by atoms with E-state index in [9.17, 15) is 0 Å². The van der Waals surface area contributed by atoms with Gasteiger partial charge in [-0.2, -0.15) is 0 Å². The average molecular weight is 195 g/mol. The maximum atomic E-state index is 3.80. The molecule has 0 aliphatic heterocycles. The van der Waals surface area contributed by atoms with Crippen molar-refractivity contribution in [3.63, 3.8) is 0 Å². The molecular weight excluding hydrogens is 170 g/mol. The maximum Gasteiger partial charge on any atom is 0.00982 e. The fourth-order valence-electron chi connectivity index (χ4n) is 2.13. The third-order valence-corrected chi connectivity index (χ3v) is 3.34. The fraction of sp³-hybridized carbons (Fsp3) is 0.846. The van der Waals surface area contributed by atoms with Gasteiger partial charge < -0.3 is 5.32 Å². The van der Waals surface area contributed by atoms with Crippen molar-refractivity contribution >= 4 is 0 Å². The number of hydrogen-bond donors (Lipinski definition) is 1. The van der Waals surface area contributed by atoms with E-state index in [-0.39, 0.29) is 0 Å².